The Kier molecular flexibility index (Phi) is 2.27. The van der Waals surface area contributed by atoms with Crippen molar-refractivity contribution in [2.24, 2.45) is 4.99 Å². The molecule has 1 saturated carbocycles. The Morgan fingerprint density at radius 2 is 2.13 bits per heavy atom. The number of nitrogens with zero attached hydrogens (tertiary/aromatic N) is 1. The fourth-order valence-electron chi connectivity index (χ4n) is 3.21. The van der Waals surface area contributed by atoms with Crippen molar-refractivity contribution in [3.8, 4) is 0 Å². The molecule has 0 aromatic rings. The predicted molar refractivity (Wildman–Crippen MR) is 64.3 cm³/mol. The molecule has 3 rings (SSSR count). The van der Waals surface area contributed by atoms with Crippen molar-refractivity contribution in [2.45, 2.75) is 57.9 Å². The van der Waals surface area contributed by atoms with E-state index in [9.17, 15) is 0 Å². The van der Waals surface area contributed by atoms with Gasteiger partial charge in [-0.1, -0.05) is 12.5 Å². The number of hydrogen-bond donors (Lipinski definition) is 0. The first-order chi connectivity index (χ1) is 7.36. The Hall–Kier alpha value is -0.850. The number of fused-ring (bicyclic) bond motifs is 2. The zero-order valence-electron chi connectivity index (χ0n) is 9.55. The molecule has 1 fully saturated rings. The molecule has 1 unspecified atom stereocenters. The van der Waals surface area contributed by atoms with Gasteiger partial charge in [0.25, 0.3) is 0 Å². The Bertz CT molecular complexity index is 371. The van der Waals surface area contributed by atoms with Crippen LogP contribution in [0.2, 0.25) is 0 Å². The second kappa shape index (κ2) is 3.62. The van der Waals surface area contributed by atoms with E-state index < -0.39 is 0 Å². The van der Waals surface area contributed by atoms with Crippen LogP contribution in [-0.2, 0) is 0 Å². The van der Waals surface area contributed by atoms with E-state index in [1.54, 1.807) is 11.1 Å². The van der Waals surface area contributed by atoms with Gasteiger partial charge in [0, 0.05) is 5.71 Å². The third kappa shape index (κ3) is 1.49. The minimum atomic E-state index is 0.559. The van der Waals surface area contributed by atoms with E-state index in [1.807, 2.05) is 0 Å². The lowest BCUT2D eigenvalue weighted by atomic mass is 9.79. The maximum atomic E-state index is 4.97. The molecule has 15 heavy (non-hydrogen) atoms. The first-order valence-corrected chi connectivity index (χ1v) is 6.33. The number of aliphatic imine (C=N–C) groups is 1. The largest absolute Gasteiger partial charge is 0.281 e. The summed E-state index contributed by atoms with van der Waals surface area (Å²) >= 11 is 0. The van der Waals surface area contributed by atoms with E-state index in [1.165, 1.54) is 56.2 Å². The summed E-state index contributed by atoms with van der Waals surface area (Å²) in [7, 11) is 0. The SMILES string of the molecule is CC1=C2CCCCC2N=C2CCCC=C21. The number of allylic oxidation sites excluding steroid dienone is 3. The van der Waals surface area contributed by atoms with Gasteiger partial charge in [-0.05, 0) is 62.2 Å². The van der Waals surface area contributed by atoms with E-state index in [-0.39, 0.29) is 0 Å². The fourth-order valence-corrected chi connectivity index (χ4v) is 3.21. The predicted octanol–water partition coefficient (Wildman–Crippen LogP) is 3.81. The molecular formula is C14H19N. The van der Waals surface area contributed by atoms with Crippen molar-refractivity contribution >= 4 is 5.71 Å². The third-order valence-electron chi connectivity index (χ3n) is 4.05. The van der Waals surface area contributed by atoms with Crippen LogP contribution >= 0.6 is 0 Å². The molecule has 0 aromatic heterocycles. The van der Waals surface area contributed by atoms with Crippen LogP contribution in [0, 0.1) is 0 Å². The Morgan fingerprint density at radius 1 is 1.20 bits per heavy atom. The highest BCUT2D eigenvalue weighted by molar-refractivity contribution is 6.05. The topological polar surface area (TPSA) is 12.4 Å². The van der Waals surface area contributed by atoms with Crippen LogP contribution in [0.1, 0.15) is 51.9 Å². The van der Waals surface area contributed by atoms with Gasteiger partial charge in [-0.3, -0.25) is 4.99 Å². The van der Waals surface area contributed by atoms with Crippen molar-refractivity contribution in [3.63, 3.8) is 0 Å². The minimum Gasteiger partial charge on any atom is -0.281 e. The van der Waals surface area contributed by atoms with Gasteiger partial charge in [0.15, 0.2) is 0 Å². The van der Waals surface area contributed by atoms with Gasteiger partial charge in [-0.15, -0.1) is 0 Å². The Labute approximate surface area is 92.0 Å². The first-order valence-electron chi connectivity index (χ1n) is 6.33. The zero-order chi connectivity index (χ0) is 10.3. The van der Waals surface area contributed by atoms with Crippen LogP contribution in [-0.4, -0.2) is 11.8 Å². The van der Waals surface area contributed by atoms with E-state index in [0.717, 1.165) is 0 Å². The number of rotatable bonds is 0. The maximum absolute atomic E-state index is 4.97. The van der Waals surface area contributed by atoms with Crippen molar-refractivity contribution < 1.29 is 0 Å². The first kappa shape index (κ1) is 9.38. The van der Waals surface area contributed by atoms with E-state index >= 15 is 0 Å². The lowest BCUT2D eigenvalue weighted by Gasteiger charge is -2.32. The van der Waals surface area contributed by atoms with Crippen molar-refractivity contribution in [1.29, 1.82) is 0 Å². The second-order valence-corrected chi connectivity index (χ2v) is 5.00. The molecule has 1 heteroatoms. The van der Waals surface area contributed by atoms with E-state index in [4.69, 9.17) is 4.99 Å². The summed E-state index contributed by atoms with van der Waals surface area (Å²) < 4.78 is 0. The molecule has 1 heterocycles. The van der Waals surface area contributed by atoms with E-state index in [2.05, 4.69) is 13.0 Å². The highest BCUT2D eigenvalue weighted by atomic mass is 14.8. The molecule has 0 radical (unpaired) electrons. The molecular weight excluding hydrogens is 182 g/mol. The molecule has 0 spiro atoms. The highest BCUT2D eigenvalue weighted by Crippen LogP contribution is 2.37. The molecule has 0 N–H and O–H groups in total. The summed E-state index contributed by atoms with van der Waals surface area (Å²) in [5.41, 5.74) is 6.13. The van der Waals surface area contributed by atoms with Gasteiger partial charge in [0.2, 0.25) is 0 Å². The highest BCUT2D eigenvalue weighted by Gasteiger charge is 2.28. The summed E-state index contributed by atoms with van der Waals surface area (Å²) in [6.07, 6.45) is 11.5. The van der Waals surface area contributed by atoms with Gasteiger partial charge in [0.1, 0.15) is 0 Å². The number of dihydropyridines is 1. The molecule has 3 aliphatic rings. The van der Waals surface area contributed by atoms with Gasteiger partial charge in [-0.25, -0.2) is 0 Å². The molecule has 0 saturated heterocycles. The van der Waals surface area contributed by atoms with Crippen LogP contribution in [0.15, 0.2) is 27.8 Å². The minimum absolute atomic E-state index is 0.559. The van der Waals surface area contributed by atoms with Crippen LogP contribution in [0.4, 0.5) is 0 Å². The normalized spacial score (nSPS) is 30.3. The Morgan fingerprint density at radius 3 is 3.07 bits per heavy atom. The van der Waals surface area contributed by atoms with Crippen molar-refractivity contribution in [2.75, 3.05) is 0 Å². The second-order valence-electron chi connectivity index (χ2n) is 5.00. The van der Waals surface area contributed by atoms with Gasteiger partial charge >= 0.3 is 0 Å². The summed E-state index contributed by atoms with van der Waals surface area (Å²) in [4.78, 5) is 4.97. The maximum Gasteiger partial charge on any atom is 0.0718 e. The smallest absolute Gasteiger partial charge is 0.0718 e. The molecule has 80 valence electrons. The average Bonchev–Trinajstić information content (AvgIpc) is 2.30. The monoisotopic (exact) mass is 201 g/mol. The molecule has 0 bridgehead atoms. The summed E-state index contributed by atoms with van der Waals surface area (Å²) in [5, 5.41) is 0. The third-order valence-corrected chi connectivity index (χ3v) is 4.05. The molecule has 2 aliphatic carbocycles. The molecule has 0 amide bonds. The van der Waals surface area contributed by atoms with Crippen LogP contribution in [0.3, 0.4) is 0 Å². The zero-order valence-corrected chi connectivity index (χ0v) is 9.55. The van der Waals surface area contributed by atoms with Gasteiger partial charge in [0.05, 0.1) is 6.04 Å². The van der Waals surface area contributed by atoms with Crippen LogP contribution < -0.4 is 0 Å². The molecule has 1 aliphatic heterocycles. The Balaban J connectivity index is 2.04. The standard InChI is InChI=1S/C14H19N/c1-10-11-6-2-4-8-13(11)15-14-9-5-3-7-12(10)14/h6,14H,2-5,7-9H2,1H3. The lowest BCUT2D eigenvalue weighted by molar-refractivity contribution is 0.528. The van der Waals surface area contributed by atoms with Gasteiger partial charge < -0.3 is 0 Å². The van der Waals surface area contributed by atoms with Crippen molar-refractivity contribution in [3.05, 3.63) is 22.8 Å². The lowest BCUT2D eigenvalue weighted by Crippen LogP contribution is -2.25. The summed E-state index contributed by atoms with van der Waals surface area (Å²) in [5.74, 6) is 0. The van der Waals surface area contributed by atoms with Crippen LogP contribution in [0.5, 0.6) is 0 Å². The average molecular weight is 201 g/mol. The van der Waals surface area contributed by atoms with Crippen molar-refractivity contribution in [1.82, 2.24) is 0 Å². The van der Waals surface area contributed by atoms with Gasteiger partial charge in [-0.2, -0.15) is 0 Å². The fraction of sp³-hybridized carbons (Fsp3) is 0.643. The molecule has 0 aromatic carbocycles. The molecule has 1 atom stereocenters. The summed E-state index contributed by atoms with van der Waals surface area (Å²) in [6.45, 7) is 2.32. The number of hydrogen-bond acceptors (Lipinski definition) is 1. The molecule has 1 nitrogen and oxygen atoms in total. The quantitative estimate of drug-likeness (QED) is 0.565. The van der Waals surface area contributed by atoms with E-state index in [0.29, 0.717) is 6.04 Å². The summed E-state index contributed by atoms with van der Waals surface area (Å²) in [6, 6.07) is 0.559. The van der Waals surface area contributed by atoms with Crippen LogP contribution in [0.25, 0.3) is 0 Å².